The normalized spacial score (nSPS) is 18.2. The summed E-state index contributed by atoms with van der Waals surface area (Å²) in [5.41, 5.74) is 1.07. The molecule has 1 aromatic carbocycles. The summed E-state index contributed by atoms with van der Waals surface area (Å²) >= 11 is 3.49. The Bertz CT molecular complexity index is 401. The van der Waals surface area contributed by atoms with Crippen molar-refractivity contribution >= 4 is 21.6 Å². The van der Waals surface area contributed by atoms with Gasteiger partial charge in [0, 0.05) is 10.5 Å². The summed E-state index contributed by atoms with van der Waals surface area (Å²) in [6.45, 7) is 9.62. The van der Waals surface area contributed by atoms with E-state index in [1.165, 1.54) is 5.69 Å². The lowest BCUT2D eigenvalue weighted by atomic mass is 10.0. The number of benzene rings is 1. The fourth-order valence-corrected chi connectivity index (χ4v) is 2.43. The molecular formula is C13H18BrNO. The van der Waals surface area contributed by atoms with E-state index >= 15 is 0 Å². The highest BCUT2D eigenvalue weighted by Crippen LogP contribution is 2.39. The molecule has 0 aliphatic carbocycles. The predicted octanol–water partition coefficient (Wildman–Crippen LogP) is 3.83. The highest BCUT2D eigenvalue weighted by molar-refractivity contribution is 9.10. The molecule has 0 saturated carbocycles. The van der Waals surface area contributed by atoms with Crippen molar-refractivity contribution in [3.05, 3.63) is 22.7 Å². The molecule has 0 fully saturated rings. The van der Waals surface area contributed by atoms with Gasteiger partial charge in [-0.3, -0.25) is 0 Å². The lowest BCUT2D eigenvalue weighted by molar-refractivity contribution is 0.103. The Morgan fingerprint density at radius 1 is 1.38 bits per heavy atom. The van der Waals surface area contributed by atoms with Crippen LogP contribution < -0.4 is 9.64 Å². The van der Waals surface area contributed by atoms with E-state index in [9.17, 15) is 0 Å². The van der Waals surface area contributed by atoms with Gasteiger partial charge in [-0.1, -0.05) is 15.9 Å². The van der Waals surface area contributed by atoms with E-state index in [2.05, 4.69) is 60.7 Å². The lowest BCUT2D eigenvalue weighted by Crippen LogP contribution is -2.49. The van der Waals surface area contributed by atoms with Crippen LogP contribution in [-0.4, -0.2) is 18.2 Å². The lowest BCUT2D eigenvalue weighted by Gasteiger charge is -2.43. The first-order chi connectivity index (χ1) is 7.39. The van der Waals surface area contributed by atoms with Crippen LogP contribution in [0.3, 0.4) is 0 Å². The van der Waals surface area contributed by atoms with Crippen molar-refractivity contribution in [3.8, 4) is 5.75 Å². The molecule has 88 valence electrons. The summed E-state index contributed by atoms with van der Waals surface area (Å²) in [7, 11) is 0. The molecule has 2 rings (SSSR count). The summed E-state index contributed by atoms with van der Waals surface area (Å²) in [6.07, 6.45) is 0. The smallest absolute Gasteiger partial charge is 0.144 e. The standard InChI is InChI=1S/C13H18BrNO/c1-9(2)15-8-13(3,4)16-12-7-10(14)5-6-11(12)15/h5-7,9H,8H2,1-4H3. The Morgan fingerprint density at radius 3 is 2.69 bits per heavy atom. The van der Waals surface area contributed by atoms with Crippen LogP contribution >= 0.6 is 15.9 Å². The van der Waals surface area contributed by atoms with E-state index in [-0.39, 0.29) is 5.60 Å². The second kappa shape index (κ2) is 3.95. The zero-order valence-electron chi connectivity index (χ0n) is 10.2. The molecule has 0 bridgehead atoms. The van der Waals surface area contributed by atoms with Crippen LogP contribution in [0.4, 0.5) is 5.69 Å². The molecule has 3 heteroatoms. The molecule has 0 unspecified atom stereocenters. The molecule has 0 N–H and O–H groups in total. The van der Waals surface area contributed by atoms with Gasteiger partial charge in [0.25, 0.3) is 0 Å². The molecule has 16 heavy (non-hydrogen) atoms. The van der Waals surface area contributed by atoms with Crippen molar-refractivity contribution < 1.29 is 4.74 Å². The van der Waals surface area contributed by atoms with Crippen molar-refractivity contribution in [3.63, 3.8) is 0 Å². The molecule has 0 amide bonds. The maximum Gasteiger partial charge on any atom is 0.144 e. The quantitative estimate of drug-likeness (QED) is 0.777. The van der Waals surface area contributed by atoms with Crippen LogP contribution in [0.5, 0.6) is 5.75 Å². The van der Waals surface area contributed by atoms with E-state index in [1.54, 1.807) is 0 Å². The van der Waals surface area contributed by atoms with Gasteiger partial charge >= 0.3 is 0 Å². The second-order valence-electron chi connectivity index (χ2n) is 5.20. The second-order valence-corrected chi connectivity index (χ2v) is 6.11. The van der Waals surface area contributed by atoms with E-state index in [0.29, 0.717) is 6.04 Å². The number of hydrogen-bond acceptors (Lipinski definition) is 2. The predicted molar refractivity (Wildman–Crippen MR) is 71.3 cm³/mol. The van der Waals surface area contributed by atoms with E-state index in [0.717, 1.165) is 16.8 Å². The van der Waals surface area contributed by atoms with Gasteiger partial charge in [0.1, 0.15) is 11.4 Å². The fraction of sp³-hybridized carbons (Fsp3) is 0.538. The molecule has 0 radical (unpaired) electrons. The van der Waals surface area contributed by atoms with Crippen molar-refractivity contribution in [1.82, 2.24) is 0 Å². The van der Waals surface area contributed by atoms with Gasteiger partial charge in [-0.15, -0.1) is 0 Å². The highest BCUT2D eigenvalue weighted by atomic mass is 79.9. The summed E-state index contributed by atoms with van der Waals surface area (Å²) < 4.78 is 7.07. The maximum atomic E-state index is 6.01. The van der Waals surface area contributed by atoms with Crippen LogP contribution in [0.1, 0.15) is 27.7 Å². The first kappa shape index (κ1) is 11.8. The summed E-state index contributed by atoms with van der Waals surface area (Å²) in [4.78, 5) is 2.39. The van der Waals surface area contributed by atoms with Crippen LogP contribution in [0, 0.1) is 0 Å². The third-order valence-corrected chi connectivity index (χ3v) is 3.29. The van der Waals surface area contributed by atoms with Crippen molar-refractivity contribution in [2.75, 3.05) is 11.4 Å². The number of hydrogen-bond donors (Lipinski definition) is 0. The molecule has 1 aliphatic rings. The zero-order valence-corrected chi connectivity index (χ0v) is 11.8. The van der Waals surface area contributed by atoms with Crippen LogP contribution in [-0.2, 0) is 0 Å². The molecule has 1 aliphatic heterocycles. The maximum absolute atomic E-state index is 6.01. The Morgan fingerprint density at radius 2 is 2.06 bits per heavy atom. The summed E-state index contributed by atoms with van der Waals surface area (Å²) in [5.74, 6) is 0.972. The monoisotopic (exact) mass is 283 g/mol. The van der Waals surface area contributed by atoms with Gasteiger partial charge in [-0.2, -0.15) is 0 Å². The van der Waals surface area contributed by atoms with Crippen molar-refractivity contribution in [2.45, 2.75) is 39.3 Å². The minimum atomic E-state index is -0.127. The number of halogens is 1. The molecule has 0 atom stereocenters. The van der Waals surface area contributed by atoms with Crippen molar-refractivity contribution in [2.24, 2.45) is 0 Å². The molecular weight excluding hydrogens is 266 g/mol. The average molecular weight is 284 g/mol. The number of nitrogens with zero attached hydrogens (tertiary/aromatic N) is 1. The van der Waals surface area contributed by atoms with Gasteiger partial charge in [0.05, 0.1) is 12.2 Å². The summed E-state index contributed by atoms with van der Waals surface area (Å²) in [5, 5.41) is 0. The average Bonchev–Trinajstić information content (AvgIpc) is 2.14. The largest absolute Gasteiger partial charge is 0.484 e. The minimum absolute atomic E-state index is 0.127. The third kappa shape index (κ3) is 2.19. The first-order valence-corrected chi connectivity index (χ1v) is 6.43. The first-order valence-electron chi connectivity index (χ1n) is 5.64. The Hall–Kier alpha value is -0.700. The van der Waals surface area contributed by atoms with Gasteiger partial charge in [-0.25, -0.2) is 0 Å². The molecule has 0 aromatic heterocycles. The highest BCUT2D eigenvalue weighted by Gasteiger charge is 2.32. The molecule has 0 saturated heterocycles. The van der Waals surface area contributed by atoms with Gasteiger partial charge in [0.15, 0.2) is 0 Å². The number of anilines is 1. The number of ether oxygens (including phenoxy) is 1. The van der Waals surface area contributed by atoms with Crippen LogP contribution in [0.15, 0.2) is 22.7 Å². The molecule has 2 nitrogen and oxygen atoms in total. The Kier molecular flexibility index (Phi) is 2.91. The van der Waals surface area contributed by atoms with Gasteiger partial charge in [0.2, 0.25) is 0 Å². The van der Waals surface area contributed by atoms with Crippen LogP contribution in [0.2, 0.25) is 0 Å². The van der Waals surface area contributed by atoms with Crippen LogP contribution in [0.25, 0.3) is 0 Å². The van der Waals surface area contributed by atoms with E-state index in [1.807, 2.05) is 6.07 Å². The van der Waals surface area contributed by atoms with Gasteiger partial charge < -0.3 is 9.64 Å². The van der Waals surface area contributed by atoms with E-state index in [4.69, 9.17) is 4.74 Å². The van der Waals surface area contributed by atoms with E-state index < -0.39 is 0 Å². The molecule has 1 heterocycles. The third-order valence-electron chi connectivity index (χ3n) is 2.79. The topological polar surface area (TPSA) is 12.5 Å². The Balaban J connectivity index is 2.47. The summed E-state index contributed by atoms with van der Waals surface area (Å²) in [6, 6.07) is 6.72. The fourth-order valence-electron chi connectivity index (χ4n) is 2.09. The number of fused-ring (bicyclic) bond motifs is 1. The molecule has 1 aromatic rings. The molecule has 0 spiro atoms. The zero-order chi connectivity index (χ0) is 11.9. The van der Waals surface area contributed by atoms with Gasteiger partial charge in [-0.05, 0) is 45.9 Å². The van der Waals surface area contributed by atoms with Crippen molar-refractivity contribution in [1.29, 1.82) is 0 Å². The minimum Gasteiger partial charge on any atom is -0.484 e. The number of rotatable bonds is 1. The SMILES string of the molecule is CC(C)N1CC(C)(C)Oc2cc(Br)ccc21. The Labute approximate surface area is 106 Å².